The third-order valence-electron chi connectivity index (χ3n) is 3.85. The zero-order valence-electron chi connectivity index (χ0n) is 15.4. The van der Waals surface area contributed by atoms with Gasteiger partial charge in [0, 0.05) is 18.2 Å². The van der Waals surface area contributed by atoms with Gasteiger partial charge in [-0.15, -0.1) is 12.4 Å². The van der Waals surface area contributed by atoms with E-state index < -0.39 is 10.0 Å². The number of nitrogens with one attached hydrogen (secondary N) is 2. The molecule has 4 N–H and O–H groups in total. The molecule has 1 amide bonds. The van der Waals surface area contributed by atoms with Gasteiger partial charge in [0.1, 0.15) is 5.75 Å². The van der Waals surface area contributed by atoms with Crippen LogP contribution in [0.25, 0.3) is 0 Å². The average Bonchev–Trinajstić information content (AvgIpc) is 2.61. The highest BCUT2D eigenvalue weighted by Gasteiger charge is 2.20. The molecule has 27 heavy (non-hydrogen) atoms. The number of aryl methyl sites for hydroxylation is 1. The Hall–Kier alpha value is -2.29. The Kier molecular flexibility index (Phi) is 8.08. The molecule has 2 rings (SSSR count). The summed E-state index contributed by atoms with van der Waals surface area (Å²) in [6.45, 7) is 3.81. The van der Waals surface area contributed by atoms with E-state index in [0.717, 1.165) is 0 Å². The van der Waals surface area contributed by atoms with Crippen LogP contribution in [0.5, 0.6) is 5.75 Å². The maximum Gasteiger partial charge on any atom is 0.262 e. The summed E-state index contributed by atoms with van der Waals surface area (Å²) in [5.74, 6) is 0.0349. The number of methoxy groups -OCH3 is 1. The van der Waals surface area contributed by atoms with Crippen molar-refractivity contribution >= 4 is 34.0 Å². The molecule has 0 saturated heterocycles. The number of hydrogen-bond acceptors (Lipinski definition) is 5. The fourth-order valence-corrected chi connectivity index (χ4v) is 3.40. The molecule has 9 heteroatoms. The summed E-state index contributed by atoms with van der Waals surface area (Å²) in [7, 11) is -2.43. The van der Waals surface area contributed by atoms with Crippen LogP contribution in [-0.2, 0) is 10.0 Å². The summed E-state index contributed by atoms with van der Waals surface area (Å²) < 4.78 is 33.1. The number of nitrogens with two attached hydrogens (primary N) is 1. The van der Waals surface area contributed by atoms with Crippen LogP contribution in [0.2, 0.25) is 0 Å². The van der Waals surface area contributed by atoms with E-state index in [1.54, 1.807) is 44.2 Å². The molecule has 1 atom stereocenters. The number of hydrogen-bond donors (Lipinski definition) is 3. The first-order valence-electron chi connectivity index (χ1n) is 8.06. The molecule has 0 aromatic heterocycles. The van der Waals surface area contributed by atoms with Gasteiger partial charge in [-0.3, -0.25) is 9.52 Å². The number of amides is 1. The lowest BCUT2D eigenvalue weighted by atomic mass is 10.1. The van der Waals surface area contributed by atoms with Gasteiger partial charge in [-0.1, -0.05) is 18.2 Å². The molecule has 0 saturated carbocycles. The van der Waals surface area contributed by atoms with E-state index in [1.807, 2.05) is 0 Å². The number of carbonyl (C=O) groups excluding carboxylic acids is 1. The van der Waals surface area contributed by atoms with Crippen LogP contribution >= 0.6 is 12.4 Å². The molecule has 0 bridgehead atoms. The summed E-state index contributed by atoms with van der Waals surface area (Å²) in [6, 6.07) is 10.9. The molecular formula is C18H24ClN3O4S. The molecule has 148 valence electrons. The van der Waals surface area contributed by atoms with Crippen molar-refractivity contribution in [2.45, 2.75) is 24.8 Å². The first-order valence-corrected chi connectivity index (χ1v) is 9.54. The van der Waals surface area contributed by atoms with Crippen LogP contribution in [0.1, 0.15) is 22.8 Å². The number of sulfonamides is 1. The SMILES string of the molecule is COc1ccccc1NS(=O)(=O)c1ccc(C)c(C(=O)N[C@@H](C)CN)c1.Cl. The molecule has 2 aromatic carbocycles. The van der Waals surface area contributed by atoms with Gasteiger partial charge in [-0.05, 0) is 43.7 Å². The van der Waals surface area contributed by atoms with Gasteiger partial charge in [0.2, 0.25) is 0 Å². The lowest BCUT2D eigenvalue weighted by Crippen LogP contribution is -2.38. The summed E-state index contributed by atoms with van der Waals surface area (Å²) in [4.78, 5) is 12.4. The molecule has 0 heterocycles. The molecule has 0 aliphatic carbocycles. The van der Waals surface area contributed by atoms with E-state index in [-0.39, 0.29) is 41.4 Å². The van der Waals surface area contributed by atoms with E-state index in [4.69, 9.17) is 10.5 Å². The van der Waals surface area contributed by atoms with Crippen molar-refractivity contribution in [3.05, 3.63) is 53.6 Å². The van der Waals surface area contributed by atoms with E-state index in [2.05, 4.69) is 10.0 Å². The Morgan fingerprint density at radius 1 is 1.22 bits per heavy atom. The highest BCUT2D eigenvalue weighted by Crippen LogP contribution is 2.26. The minimum atomic E-state index is -3.89. The van der Waals surface area contributed by atoms with Crippen molar-refractivity contribution in [3.8, 4) is 5.75 Å². The number of halogens is 1. The fraction of sp³-hybridized carbons (Fsp3) is 0.278. The van der Waals surface area contributed by atoms with Gasteiger partial charge < -0.3 is 15.8 Å². The lowest BCUT2D eigenvalue weighted by Gasteiger charge is -2.15. The summed E-state index contributed by atoms with van der Waals surface area (Å²) >= 11 is 0. The van der Waals surface area contributed by atoms with Crippen LogP contribution in [0.3, 0.4) is 0 Å². The highest BCUT2D eigenvalue weighted by atomic mass is 35.5. The predicted molar refractivity (Wildman–Crippen MR) is 108 cm³/mol. The second kappa shape index (κ2) is 9.59. The molecule has 2 aromatic rings. The number of anilines is 1. The topological polar surface area (TPSA) is 111 Å². The van der Waals surface area contributed by atoms with Gasteiger partial charge in [0.15, 0.2) is 0 Å². The summed E-state index contributed by atoms with van der Waals surface area (Å²) in [5.41, 5.74) is 6.79. The minimum Gasteiger partial charge on any atom is -0.495 e. The van der Waals surface area contributed by atoms with Crippen LogP contribution in [0, 0.1) is 6.92 Å². The Labute approximate surface area is 165 Å². The highest BCUT2D eigenvalue weighted by molar-refractivity contribution is 7.92. The van der Waals surface area contributed by atoms with Crippen molar-refractivity contribution < 1.29 is 17.9 Å². The van der Waals surface area contributed by atoms with E-state index >= 15 is 0 Å². The number of ether oxygens (including phenoxy) is 1. The van der Waals surface area contributed by atoms with Crippen molar-refractivity contribution in [2.75, 3.05) is 18.4 Å². The van der Waals surface area contributed by atoms with Crippen LogP contribution < -0.4 is 20.5 Å². The molecule has 0 spiro atoms. The van der Waals surface area contributed by atoms with E-state index in [1.165, 1.54) is 19.2 Å². The van der Waals surface area contributed by atoms with Crippen LogP contribution in [-0.4, -0.2) is 34.0 Å². The van der Waals surface area contributed by atoms with Gasteiger partial charge in [-0.2, -0.15) is 0 Å². The third kappa shape index (κ3) is 5.59. The molecular weight excluding hydrogens is 390 g/mol. The van der Waals surface area contributed by atoms with Gasteiger partial charge in [-0.25, -0.2) is 8.42 Å². The maximum absolute atomic E-state index is 12.7. The number of rotatable bonds is 7. The Morgan fingerprint density at radius 2 is 1.89 bits per heavy atom. The van der Waals surface area contributed by atoms with E-state index in [0.29, 0.717) is 17.0 Å². The first-order chi connectivity index (χ1) is 12.3. The number of benzene rings is 2. The normalized spacial score (nSPS) is 11.9. The predicted octanol–water partition coefficient (Wildman–Crippen LogP) is 2.30. The van der Waals surface area contributed by atoms with Crippen molar-refractivity contribution in [2.24, 2.45) is 5.73 Å². The summed E-state index contributed by atoms with van der Waals surface area (Å²) in [5, 5.41) is 2.73. The Bertz CT molecular complexity index is 903. The maximum atomic E-state index is 12.7. The van der Waals surface area contributed by atoms with Gasteiger partial charge >= 0.3 is 0 Å². The van der Waals surface area contributed by atoms with Crippen molar-refractivity contribution in [1.29, 1.82) is 0 Å². The Balaban J connectivity index is 0.00000364. The fourth-order valence-electron chi connectivity index (χ4n) is 2.31. The average molecular weight is 414 g/mol. The number of para-hydroxylation sites is 2. The molecule has 0 fully saturated rings. The Morgan fingerprint density at radius 3 is 2.52 bits per heavy atom. The monoisotopic (exact) mass is 413 g/mol. The van der Waals surface area contributed by atoms with Crippen LogP contribution in [0.15, 0.2) is 47.4 Å². The molecule has 0 unspecified atom stereocenters. The molecule has 0 aliphatic rings. The number of carbonyl (C=O) groups is 1. The second-order valence-electron chi connectivity index (χ2n) is 5.89. The zero-order valence-corrected chi connectivity index (χ0v) is 17.0. The minimum absolute atomic E-state index is 0. The first kappa shape index (κ1) is 22.8. The molecule has 7 nitrogen and oxygen atoms in total. The lowest BCUT2D eigenvalue weighted by molar-refractivity contribution is 0.0940. The van der Waals surface area contributed by atoms with E-state index in [9.17, 15) is 13.2 Å². The van der Waals surface area contributed by atoms with Crippen molar-refractivity contribution in [3.63, 3.8) is 0 Å². The summed E-state index contributed by atoms with van der Waals surface area (Å²) in [6.07, 6.45) is 0. The third-order valence-corrected chi connectivity index (χ3v) is 5.21. The van der Waals surface area contributed by atoms with Gasteiger partial charge in [0.25, 0.3) is 15.9 Å². The molecule has 0 radical (unpaired) electrons. The van der Waals surface area contributed by atoms with Crippen molar-refractivity contribution in [1.82, 2.24) is 5.32 Å². The quantitative estimate of drug-likeness (QED) is 0.645. The second-order valence-corrected chi connectivity index (χ2v) is 7.58. The zero-order chi connectivity index (χ0) is 19.3. The standard InChI is InChI=1S/C18H23N3O4S.ClH/c1-12-8-9-14(10-15(12)18(22)20-13(2)11-19)26(23,24)21-16-6-4-5-7-17(16)25-3;/h4-10,13,21H,11,19H2,1-3H3,(H,20,22);1H/t13-;/m0./s1. The largest absolute Gasteiger partial charge is 0.495 e. The smallest absolute Gasteiger partial charge is 0.262 e. The van der Waals surface area contributed by atoms with Crippen LogP contribution in [0.4, 0.5) is 5.69 Å². The van der Waals surface area contributed by atoms with Gasteiger partial charge in [0.05, 0.1) is 17.7 Å². The molecule has 0 aliphatic heterocycles.